The summed E-state index contributed by atoms with van der Waals surface area (Å²) in [6, 6.07) is 68.4. The molecule has 0 N–H and O–H groups in total. The lowest BCUT2D eigenvalue weighted by atomic mass is 9.79. The Morgan fingerprint density at radius 3 is 1.13 bits per heavy atom. The van der Waals surface area contributed by atoms with Crippen LogP contribution in [-0.2, 0) is 27.1 Å². The fourth-order valence-electron chi connectivity index (χ4n) is 11.8. The molecule has 5 nitrogen and oxygen atoms in total. The third-order valence-electron chi connectivity index (χ3n) is 16.0. The van der Waals surface area contributed by atoms with Crippen LogP contribution in [0, 0.1) is 0 Å². The molecule has 77 heavy (non-hydrogen) atoms. The number of hydrogen-bond donors (Lipinski definition) is 0. The normalized spacial score (nSPS) is 13.1. The van der Waals surface area contributed by atoms with E-state index in [0.29, 0.717) is 17.7 Å². The lowest BCUT2D eigenvalue weighted by Gasteiger charge is -2.35. The summed E-state index contributed by atoms with van der Waals surface area (Å²) in [5.74, 6) is 1.78. The van der Waals surface area contributed by atoms with Crippen LogP contribution in [0.3, 0.4) is 0 Å². The van der Waals surface area contributed by atoms with Crippen molar-refractivity contribution in [2.45, 2.75) is 131 Å². The van der Waals surface area contributed by atoms with Crippen molar-refractivity contribution >= 4 is 72.4 Å². The van der Waals surface area contributed by atoms with E-state index in [9.17, 15) is 0 Å². The molecule has 0 unspecified atom stereocenters. The molecule has 0 radical (unpaired) electrons. The second kappa shape index (κ2) is 18.4. The minimum Gasteiger partial charge on any atom is -0.277 e. The second-order valence-electron chi connectivity index (χ2n) is 26.7. The number of aromatic nitrogens is 5. The van der Waals surface area contributed by atoms with Gasteiger partial charge in [0.25, 0.3) is 0 Å². The van der Waals surface area contributed by atoms with E-state index in [2.05, 4.69) is 295 Å². The molecule has 0 aliphatic carbocycles. The number of rotatable bonds is 7. The lowest BCUT2D eigenvalue weighted by Crippen LogP contribution is -2.74. The highest BCUT2D eigenvalue weighted by atomic mass is 28.3. The van der Waals surface area contributed by atoms with Crippen molar-refractivity contribution in [2.24, 2.45) is 0 Å². The van der Waals surface area contributed by atoms with Gasteiger partial charge >= 0.3 is 0 Å². The Labute approximate surface area is 458 Å². The highest BCUT2D eigenvalue weighted by Gasteiger charge is 2.42. The molecule has 0 atom stereocenters. The van der Waals surface area contributed by atoms with E-state index >= 15 is 0 Å². The van der Waals surface area contributed by atoms with Crippen molar-refractivity contribution in [3.8, 4) is 23.3 Å². The van der Waals surface area contributed by atoms with Crippen LogP contribution in [0.2, 0.25) is 0 Å². The maximum Gasteiger partial charge on any atom is 0.240 e. The average molecular weight is 1030 g/mol. The summed E-state index contributed by atoms with van der Waals surface area (Å²) in [6.07, 6.45) is 0. The van der Waals surface area contributed by atoms with Crippen LogP contribution in [0.25, 0.3) is 66.9 Å². The number of fused-ring (bicyclic) bond motifs is 6. The van der Waals surface area contributed by atoms with Gasteiger partial charge in [0.1, 0.15) is 0 Å². The minimum absolute atomic E-state index is 0.0506. The van der Waals surface area contributed by atoms with E-state index < -0.39 is 8.07 Å². The fourth-order valence-corrected chi connectivity index (χ4v) is 16.6. The third kappa shape index (κ3) is 8.93. The van der Waals surface area contributed by atoms with Crippen LogP contribution in [0.5, 0.6) is 0 Å². The molecule has 0 amide bonds. The maximum absolute atomic E-state index is 5.79. The molecule has 0 aliphatic rings. The number of para-hydroxylation sites is 2. The Bertz CT molecular complexity index is 3840. The first-order valence-electron chi connectivity index (χ1n) is 27.6. The van der Waals surface area contributed by atoms with E-state index in [-0.39, 0.29) is 27.1 Å². The van der Waals surface area contributed by atoms with E-state index in [0.717, 1.165) is 27.6 Å². The Kier molecular flexibility index (Phi) is 12.3. The van der Waals surface area contributed by atoms with Crippen molar-refractivity contribution < 1.29 is 0 Å². The quantitative estimate of drug-likeness (QED) is 0.118. The molecule has 8 aromatic carbocycles. The molecular formula is C71H75N5Si. The third-order valence-corrected chi connectivity index (χ3v) is 20.8. The summed E-state index contributed by atoms with van der Waals surface area (Å²) >= 11 is 0. The van der Waals surface area contributed by atoms with Crippen LogP contribution >= 0.6 is 0 Å². The molecule has 0 saturated heterocycles. The molecule has 11 rings (SSSR count). The topological polar surface area (TPSA) is 48.5 Å². The Hall–Kier alpha value is -7.41. The summed E-state index contributed by atoms with van der Waals surface area (Å²) < 4.78 is 4.69. The Morgan fingerprint density at radius 2 is 0.701 bits per heavy atom. The van der Waals surface area contributed by atoms with Gasteiger partial charge in [0.15, 0.2) is 13.9 Å². The predicted octanol–water partition coefficient (Wildman–Crippen LogP) is 15.6. The first-order chi connectivity index (χ1) is 36.3. The molecular weight excluding hydrogens is 951 g/mol. The largest absolute Gasteiger partial charge is 0.277 e. The number of hydrogen-bond acceptors (Lipinski definition) is 3. The summed E-state index contributed by atoms with van der Waals surface area (Å²) in [7, 11) is -3.03. The minimum atomic E-state index is -3.03. The van der Waals surface area contributed by atoms with Crippen LogP contribution < -0.4 is 20.7 Å². The van der Waals surface area contributed by atoms with Crippen LogP contribution in [0.4, 0.5) is 0 Å². The van der Waals surface area contributed by atoms with Crippen LogP contribution in [0.15, 0.2) is 182 Å². The summed E-state index contributed by atoms with van der Waals surface area (Å²) in [5, 5.41) is 9.96. The van der Waals surface area contributed by atoms with Gasteiger partial charge in [-0.1, -0.05) is 262 Å². The first kappa shape index (κ1) is 51.7. The SMILES string of the molecule is CC(C)(C)c1cccc([Si](c2ccccc2)(c2ccccc2)c2cccc(-c3nc(-n4c5ccccc5c5cc(C(C)(C)C)cc(C(C)(C)C)c54)nc(-n4c5ccccc5c5cc(C(C)(C)C)cc(C(C)(C)C)c54)n3)c2)c1. The van der Waals surface area contributed by atoms with Gasteiger partial charge in [-0.25, -0.2) is 0 Å². The second-order valence-corrected chi connectivity index (χ2v) is 30.5. The highest BCUT2D eigenvalue weighted by Crippen LogP contribution is 2.44. The zero-order chi connectivity index (χ0) is 54.6. The number of nitrogens with zero attached hydrogens (tertiary/aromatic N) is 5. The molecule has 0 spiro atoms. The zero-order valence-corrected chi connectivity index (χ0v) is 49.1. The van der Waals surface area contributed by atoms with Crippen molar-refractivity contribution in [3.05, 3.63) is 210 Å². The van der Waals surface area contributed by atoms with Gasteiger partial charge in [-0.3, -0.25) is 9.13 Å². The summed E-state index contributed by atoms with van der Waals surface area (Å²) in [4.78, 5) is 17.3. The Balaban J connectivity index is 1.29. The van der Waals surface area contributed by atoms with Crippen LogP contribution in [0.1, 0.15) is 132 Å². The maximum atomic E-state index is 5.79. The molecule has 3 heterocycles. The van der Waals surface area contributed by atoms with E-state index in [1.165, 1.54) is 70.1 Å². The van der Waals surface area contributed by atoms with Crippen molar-refractivity contribution in [3.63, 3.8) is 0 Å². The molecule has 11 aromatic rings. The molecule has 0 aliphatic heterocycles. The summed E-state index contributed by atoms with van der Waals surface area (Å²) in [5.41, 5.74) is 11.1. The predicted molar refractivity (Wildman–Crippen MR) is 331 cm³/mol. The van der Waals surface area contributed by atoms with Crippen molar-refractivity contribution in [1.29, 1.82) is 0 Å². The van der Waals surface area contributed by atoms with Gasteiger partial charge in [-0.15, -0.1) is 0 Å². The summed E-state index contributed by atoms with van der Waals surface area (Å²) in [6.45, 7) is 34.8. The van der Waals surface area contributed by atoms with Crippen molar-refractivity contribution in [1.82, 2.24) is 24.1 Å². The molecule has 3 aromatic heterocycles. The van der Waals surface area contributed by atoms with Gasteiger partial charge in [0, 0.05) is 27.1 Å². The molecule has 0 bridgehead atoms. The molecule has 6 heteroatoms. The molecule has 0 fully saturated rings. The highest BCUT2D eigenvalue weighted by molar-refractivity contribution is 7.20. The Morgan fingerprint density at radius 1 is 0.312 bits per heavy atom. The van der Waals surface area contributed by atoms with Gasteiger partial charge < -0.3 is 0 Å². The zero-order valence-electron chi connectivity index (χ0n) is 48.1. The van der Waals surface area contributed by atoms with E-state index in [1.54, 1.807) is 0 Å². The van der Waals surface area contributed by atoms with Gasteiger partial charge in [-0.05, 0) is 99.9 Å². The van der Waals surface area contributed by atoms with Crippen molar-refractivity contribution in [2.75, 3.05) is 0 Å². The first-order valence-corrected chi connectivity index (χ1v) is 29.6. The van der Waals surface area contributed by atoms with Crippen LogP contribution in [-0.4, -0.2) is 32.2 Å². The lowest BCUT2D eigenvalue weighted by molar-refractivity contribution is 0.571. The average Bonchev–Trinajstić information content (AvgIpc) is 3.99. The van der Waals surface area contributed by atoms with Gasteiger partial charge in [0.2, 0.25) is 11.9 Å². The molecule has 0 saturated carbocycles. The fraction of sp³-hybridized carbons (Fsp3) is 0.282. The monoisotopic (exact) mass is 1030 g/mol. The molecule has 388 valence electrons. The number of benzene rings is 8. The van der Waals surface area contributed by atoms with Gasteiger partial charge in [0.05, 0.1) is 22.1 Å². The van der Waals surface area contributed by atoms with Gasteiger partial charge in [-0.2, -0.15) is 15.0 Å². The standard InChI is InChI=1S/C71H75N5Si/c1-67(2,3)47-29-27-35-53(41-47)77(50-30-18-16-19-31-50,51-32-20-17-21-33-51)52-34-26-28-46(40-52)64-72-65(75-60-38-24-22-36-54(60)56-42-48(68(4,5)6)44-58(62(56)75)70(10,11)12)74-66(73-64)76-61-39-25-23-37-55(61)57-43-49(69(7,8)9)45-59(63(57)76)71(13,14)15/h16-45H,1-15H3. The smallest absolute Gasteiger partial charge is 0.240 e. The van der Waals surface area contributed by atoms with E-state index in [4.69, 9.17) is 15.0 Å². The van der Waals surface area contributed by atoms with E-state index in [1.807, 2.05) is 0 Å².